The minimum atomic E-state index is -0.198. The first-order valence-corrected chi connectivity index (χ1v) is 9.56. The first-order chi connectivity index (χ1) is 11.7. The monoisotopic (exact) mass is 329 g/mol. The van der Waals surface area contributed by atoms with Crippen LogP contribution in [0.1, 0.15) is 56.6 Å². The molecule has 4 heteroatoms. The van der Waals surface area contributed by atoms with E-state index in [1.54, 1.807) is 0 Å². The lowest BCUT2D eigenvalue weighted by Crippen LogP contribution is -2.40. The molecule has 4 nitrogen and oxygen atoms in total. The van der Waals surface area contributed by atoms with Crippen LogP contribution in [0.15, 0.2) is 30.3 Å². The maximum absolute atomic E-state index is 12.6. The van der Waals surface area contributed by atoms with Gasteiger partial charge in [-0.3, -0.25) is 9.69 Å². The molecule has 2 aliphatic rings. The van der Waals surface area contributed by atoms with E-state index in [0.29, 0.717) is 6.42 Å². The lowest BCUT2D eigenvalue weighted by Gasteiger charge is -2.33. The number of hydrogen-bond acceptors (Lipinski definition) is 3. The number of hydrogen-bond donors (Lipinski definition) is 1. The molecular weight excluding hydrogens is 298 g/mol. The molecule has 1 saturated carbocycles. The van der Waals surface area contributed by atoms with E-state index in [-0.39, 0.29) is 11.9 Å². The average molecular weight is 329 g/mol. The van der Waals surface area contributed by atoms with E-state index in [9.17, 15) is 4.79 Å². The van der Waals surface area contributed by atoms with E-state index < -0.39 is 0 Å². The minimum absolute atomic E-state index is 0.198. The highest BCUT2D eigenvalue weighted by Crippen LogP contribution is 2.24. The van der Waals surface area contributed by atoms with Gasteiger partial charge in [-0.1, -0.05) is 49.6 Å². The molecule has 0 unspecified atom stereocenters. The number of rotatable bonds is 4. The topological polar surface area (TPSA) is 49.6 Å². The van der Waals surface area contributed by atoms with Crippen molar-refractivity contribution in [1.82, 2.24) is 9.80 Å². The summed E-state index contributed by atoms with van der Waals surface area (Å²) < 4.78 is 0. The Balaban J connectivity index is 1.50. The van der Waals surface area contributed by atoms with Crippen LogP contribution in [0.4, 0.5) is 0 Å². The smallest absolute Gasteiger partial charge is 0.224 e. The summed E-state index contributed by atoms with van der Waals surface area (Å²) in [5.41, 5.74) is 7.27. The summed E-state index contributed by atoms with van der Waals surface area (Å²) in [7, 11) is 0. The second-order valence-electron chi connectivity index (χ2n) is 7.28. The summed E-state index contributed by atoms with van der Waals surface area (Å²) in [5, 5.41) is 0. The van der Waals surface area contributed by atoms with Crippen LogP contribution in [0.5, 0.6) is 0 Å². The average Bonchev–Trinajstić information content (AvgIpc) is 2.89. The van der Waals surface area contributed by atoms with Crippen molar-refractivity contribution in [1.29, 1.82) is 0 Å². The van der Waals surface area contributed by atoms with Gasteiger partial charge in [0.05, 0.1) is 0 Å². The first-order valence-electron chi connectivity index (χ1n) is 9.56. The Morgan fingerprint density at radius 3 is 2.50 bits per heavy atom. The fourth-order valence-corrected chi connectivity index (χ4v) is 4.13. The van der Waals surface area contributed by atoms with Crippen molar-refractivity contribution in [2.75, 3.05) is 26.2 Å². The van der Waals surface area contributed by atoms with Gasteiger partial charge in [0.25, 0.3) is 0 Å². The Hall–Kier alpha value is -1.39. The molecule has 132 valence electrons. The predicted molar refractivity (Wildman–Crippen MR) is 97.6 cm³/mol. The fourth-order valence-electron chi connectivity index (χ4n) is 4.13. The molecule has 1 atom stereocenters. The third-order valence-corrected chi connectivity index (χ3v) is 5.60. The molecule has 1 aliphatic carbocycles. The third kappa shape index (κ3) is 4.58. The fraction of sp³-hybridized carbons (Fsp3) is 0.650. The maximum Gasteiger partial charge on any atom is 0.224 e. The Morgan fingerprint density at radius 2 is 1.75 bits per heavy atom. The van der Waals surface area contributed by atoms with Crippen LogP contribution < -0.4 is 5.73 Å². The highest BCUT2D eigenvalue weighted by molar-refractivity contribution is 5.77. The standard InChI is InChI=1S/C20H31N3O/c21-19(17-8-3-1-4-9-17)16-20(24)23-13-7-12-22(14-15-23)18-10-5-2-6-11-18/h1,3-4,8-9,18-19H,2,5-7,10-16,21H2/t19-/m1/s1. The molecule has 1 aliphatic heterocycles. The van der Waals surface area contributed by atoms with E-state index in [1.807, 2.05) is 35.2 Å². The van der Waals surface area contributed by atoms with Gasteiger partial charge in [0.2, 0.25) is 5.91 Å². The van der Waals surface area contributed by atoms with Crippen LogP contribution >= 0.6 is 0 Å². The predicted octanol–water partition coefficient (Wildman–Crippen LogP) is 2.94. The number of nitrogens with zero attached hydrogens (tertiary/aromatic N) is 2. The normalized spacial score (nSPS) is 22.1. The van der Waals surface area contributed by atoms with E-state index in [4.69, 9.17) is 5.73 Å². The van der Waals surface area contributed by atoms with Gasteiger partial charge in [-0.05, 0) is 24.8 Å². The number of carbonyl (C=O) groups excluding carboxylic acids is 1. The summed E-state index contributed by atoms with van der Waals surface area (Å²) in [4.78, 5) is 17.3. The Labute approximate surface area is 146 Å². The van der Waals surface area contributed by atoms with Crippen molar-refractivity contribution >= 4 is 5.91 Å². The molecule has 2 fully saturated rings. The Kier molecular flexibility index (Phi) is 6.27. The van der Waals surface area contributed by atoms with Crippen LogP contribution in [0, 0.1) is 0 Å². The zero-order valence-corrected chi connectivity index (χ0v) is 14.7. The lowest BCUT2D eigenvalue weighted by molar-refractivity contribution is -0.131. The van der Waals surface area contributed by atoms with Gasteiger partial charge in [0.15, 0.2) is 0 Å². The van der Waals surface area contributed by atoms with Gasteiger partial charge in [0, 0.05) is 44.7 Å². The molecule has 0 radical (unpaired) electrons. The minimum Gasteiger partial charge on any atom is -0.341 e. The Bertz CT molecular complexity index is 513. The molecule has 1 aromatic carbocycles. The SMILES string of the molecule is N[C@H](CC(=O)N1CCCN(C2CCCCC2)CC1)c1ccccc1. The number of amides is 1. The summed E-state index contributed by atoms with van der Waals surface area (Å²) in [5.74, 6) is 0.205. The molecule has 1 amide bonds. The molecule has 1 saturated heterocycles. The van der Waals surface area contributed by atoms with Crippen LogP contribution in [-0.4, -0.2) is 47.9 Å². The summed E-state index contributed by atoms with van der Waals surface area (Å²) >= 11 is 0. The van der Waals surface area contributed by atoms with Crippen molar-refractivity contribution in [3.63, 3.8) is 0 Å². The largest absolute Gasteiger partial charge is 0.341 e. The second kappa shape index (κ2) is 8.63. The van der Waals surface area contributed by atoms with E-state index in [2.05, 4.69) is 4.90 Å². The number of carbonyl (C=O) groups is 1. The van der Waals surface area contributed by atoms with Crippen LogP contribution in [0.2, 0.25) is 0 Å². The molecule has 0 bridgehead atoms. The zero-order chi connectivity index (χ0) is 16.8. The first kappa shape index (κ1) is 17.4. The van der Waals surface area contributed by atoms with Gasteiger partial charge in [-0.25, -0.2) is 0 Å². The molecule has 2 N–H and O–H groups in total. The lowest BCUT2D eigenvalue weighted by atomic mass is 9.94. The van der Waals surface area contributed by atoms with Crippen LogP contribution in [0.25, 0.3) is 0 Å². The third-order valence-electron chi connectivity index (χ3n) is 5.60. The van der Waals surface area contributed by atoms with Crippen molar-refractivity contribution < 1.29 is 4.79 Å². The van der Waals surface area contributed by atoms with Crippen molar-refractivity contribution in [2.24, 2.45) is 5.73 Å². The van der Waals surface area contributed by atoms with Gasteiger partial charge in [0.1, 0.15) is 0 Å². The van der Waals surface area contributed by atoms with Crippen LogP contribution in [0.3, 0.4) is 0 Å². The summed E-state index contributed by atoms with van der Waals surface area (Å²) in [6.07, 6.45) is 8.31. The maximum atomic E-state index is 12.6. The number of benzene rings is 1. The van der Waals surface area contributed by atoms with Crippen LogP contribution in [-0.2, 0) is 4.79 Å². The van der Waals surface area contributed by atoms with Crippen molar-refractivity contribution in [3.05, 3.63) is 35.9 Å². The van der Waals surface area contributed by atoms with Gasteiger partial charge < -0.3 is 10.6 Å². The number of nitrogens with two attached hydrogens (primary N) is 1. The molecular formula is C20H31N3O. The Morgan fingerprint density at radius 1 is 1.00 bits per heavy atom. The van der Waals surface area contributed by atoms with E-state index >= 15 is 0 Å². The summed E-state index contributed by atoms with van der Waals surface area (Å²) in [6, 6.07) is 10.5. The zero-order valence-electron chi connectivity index (χ0n) is 14.7. The summed E-state index contributed by atoms with van der Waals surface area (Å²) in [6.45, 7) is 3.90. The second-order valence-corrected chi connectivity index (χ2v) is 7.28. The van der Waals surface area contributed by atoms with Gasteiger partial charge >= 0.3 is 0 Å². The molecule has 1 heterocycles. The molecule has 0 spiro atoms. The molecule has 1 aromatic rings. The van der Waals surface area contributed by atoms with Gasteiger partial charge in [-0.2, -0.15) is 0 Å². The molecule has 3 rings (SSSR count). The highest BCUT2D eigenvalue weighted by Gasteiger charge is 2.25. The van der Waals surface area contributed by atoms with E-state index in [0.717, 1.165) is 44.2 Å². The van der Waals surface area contributed by atoms with Gasteiger partial charge in [-0.15, -0.1) is 0 Å². The van der Waals surface area contributed by atoms with Crippen molar-refractivity contribution in [2.45, 2.75) is 57.0 Å². The highest BCUT2D eigenvalue weighted by atomic mass is 16.2. The molecule has 24 heavy (non-hydrogen) atoms. The quantitative estimate of drug-likeness (QED) is 0.924. The van der Waals surface area contributed by atoms with E-state index in [1.165, 1.54) is 32.1 Å². The van der Waals surface area contributed by atoms with Crippen molar-refractivity contribution in [3.8, 4) is 0 Å². The molecule has 0 aromatic heterocycles.